The number of benzene rings is 3. The average Bonchev–Trinajstić information content (AvgIpc) is 3.28. The minimum atomic E-state index is -0.0885. The standard InChI is InChI=1S/C23H19N3O3S/c1-28-20-15-9-8-14-19(20)22-24-25-23(29-22)30-16-21(27)26(17-10-4-2-5-11-17)18-12-6-3-7-13-18/h2-15H,16H2,1H3. The Morgan fingerprint density at radius 2 is 1.50 bits per heavy atom. The van der Waals surface area contributed by atoms with Crippen LogP contribution in [0.2, 0.25) is 0 Å². The van der Waals surface area contributed by atoms with Crippen LogP contribution in [0.3, 0.4) is 0 Å². The van der Waals surface area contributed by atoms with Gasteiger partial charge in [-0.1, -0.05) is 60.3 Å². The second-order valence-electron chi connectivity index (χ2n) is 6.26. The first kappa shape index (κ1) is 19.7. The summed E-state index contributed by atoms with van der Waals surface area (Å²) in [4.78, 5) is 14.8. The molecule has 30 heavy (non-hydrogen) atoms. The maximum Gasteiger partial charge on any atom is 0.277 e. The third-order valence-electron chi connectivity index (χ3n) is 4.34. The van der Waals surface area contributed by atoms with Crippen LogP contribution in [0, 0.1) is 0 Å². The molecule has 0 N–H and O–H groups in total. The first-order valence-corrected chi connectivity index (χ1v) is 10.3. The highest BCUT2D eigenvalue weighted by molar-refractivity contribution is 7.99. The van der Waals surface area contributed by atoms with E-state index in [0.29, 0.717) is 22.4 Å². The predicted molar refractivity (Wildman–Crippen MR) is 117 cm³/mol. The van der Waals surface area contributed by atoms with Crippen molar-refractivity contribution in [3.05, 3.63) is 84.9 Å². The number of nitrogens with zero attached hydrogens (tertiary/aromatic N) is 3. The molecule has 0 saturated heterocycles. The molecule has 0 spiro atoms. The summed E-state index contributed by atoms with van der Waals surface area (Å²) in [6.45, 7) is 0. The number of hydrogen-bond donors (Lipinski definition) is 0. The average molecular weight is 417 g/mol. The van der Waals surface area contributed by atoms with Gasteiger partial charge >= 0.3 is 0 Å². The molecule has 0 radical (unpaired) electrons. The molecule has 7 heteroatoms. The van der Waals surface area contributed by atoms with E-state index in [0.717, 1.165) is 11.4 Å². The summed E-state index contributed by atoms with van der Waals surface area (Å²) in [5.41, 5.74) is 2.31. The van der Waals surface area contributed by atoms with E-state index in [9.17, 15) is 4.79 Å². The molecule has 4 rings (SSSR count). The third-order valence-corrected chi connectivity index (χ3v) is 5.14. The van der Waals surface area contributed by atoms with Crippen LogP contribution >= 0.6 is 11.8 Å². The fourth-order valence-corrected chi connectivity index (χ4v) is 3.59. The van der Waals surface area contributed by atoms with Gasteiger partial charge in [0.05, 0.1) is 18.4 Å². The first-order valence-electron chi connectivity index (χ1n) is 9.29. The number of thioether (sulfide) groups is 1. The zero-order valence-electron chi connectivity index (χ0n) is 16.3. The number of carbonyl (C=O) groups excluding carboxylic acids is 1. The molecule has 3 aromatic carbocycles. The molecule has 0 saturated carbocycles. The van der Waals surface area contributed by atoms with Gasteiger partial charge in [-0.15, -0.1) is 10.2 Å². The number of hydrogen-bond acceptors (Lipinski definition) is 6. The van der Waals surface area contributed by atoms with E-state index in [1.165, 1.54) is 11.8 Å². The van der Waals surface area contributed by atoms with Crippen LogP contribution in [-0.4, -0.2) is 29.0 Å². The number of ether oxygens (including phenoxy) is 1. The van der Waals surface area contributed by atoms with Gasteiger partial charge in [-0.05, 0) is 36.4 Å². The molecular formula is C23H19N3O3S. The van der Waals surface area contributed by atoms with Crippen LogP contribution in [0.15, 0.2) is 94.6 Å². The molecule has 0 aliphatic heterocycles. The maximum absolute atomic E-state index is 13.1. The van der Waals surface area contributed by atoms with E-state index in [-0.39, 0.29) is 11.7 Å². The summed E-state index contributed by atoms with van der Waals surface area (Å²) in [7, 11) is 1.59. The van der Waals surface area contributed by atoms with Crippen LogP contribution in [0.5, 0.6) is 5.75 Å². The Balaban J connectivity index is 1.51. The molecule has 0 aliphatic carbocycles. The van der Waals surface area contributed by atoms with Gasteiger partial charge in [0.15, 0.2) is 0 Å². The number of carbonyl (C=O) groups is 1. The fourth-order valence-electron chi connectivity index (χ4n) is 2.98. The van der Waals surface area contributed by atoms with Crippen LogP contribution in [-0.2, 0) is 4.79 Å². The number of rotatable bonds is 7. The van der Waals surface area contributed by atoms with Crippen molar-refractivity contribution in [3.8, 4) is 17.2 Å². The Bertz CT molecular complexity index is 1080. The maximum atomic E-state index is 13.1. The molecule has 1 aromatic heterocycles. The normalized spacial score (nSPS) is 10.6. The van der Waals surface area contributed by atoms with Crippen molar-refractivity contribution in [3.63, 3.8) is 0 Å². The van der Waals surface area contributed by atoms with Gasteiger partial charge in [0.25, 0.3) is 11.1 Å². The lowest BCUT2D eigenvalue weighted by atomic mass is 10.2. The molecule has 1 amide bonds. The number of methoxy groups -OCH3 is 1. The van der Waals surface area contributed by atoms with E-state index in [1.54, 1.807) is 12.0 Å². The van der Waals surface area contributed by atoms with Gasteiger partial charge in [-0.3, -0.25) is 9.69 Å². The lowest BCUT2D eigenvalue weighted by molar-refractivity contribution is -0.115. The van der Waals surface area contributed by atoms with E-state index in [2.05, 4.69) is 10.2 Å². The molecule has 1 heterocycles. The van der Waals surface area contributed by atoms with Crippen molar-refractivity contribution in [1.29, 1.82) is 0 Å². The number of para-hydroxylation sites is 3. The van der Waals surface area contributed by atoms with Crippen molar-refractivity contribution in [2.24, 2.45) is 0 Å². The van der Waals surface area contributed by atoms with Crippen LogP contribution in [0.1, 0.15) is 0 Å². The minimum absolute atomic E-state index is 0.0885. The van der Waals surface area contributed by atoms with Crippen molar-refractivity contribution in [2.45, 2.75) is 5.22 Å². The largest absolute Gasteiger partial charge is 0.496 e. The van der Waals surface area contributed by atoms with Crippen molar-refractivity contribution < 1.29 is 13.9 Å². The Morgan fingerprint density at radius 1 is 0.900 bits per heavy atom. The van der Waals surface area contributed by atoms with Gasteiger partial charge in [-0.25, -0.2) is 0 Å². The van der Waals surface area contributed by atoms with Crippen molar-refractivity contribution >= 4 is 29.0 Å². The number of aromatic nitrogens is 2. The van der Waals surface area contributed by atoms with Crippen LogP contribution < -0.4 is 9.64 Å². The highest BCUT2D eigenvalue weighted by Gasteiger charge is 2.20. The second-order valence-corrected chi connectivity index (χ2v) is 7.19. The predicted octanol–water partition coefficient (Wildman–Crippen LogP) is 5.20. The highest BCUT2D eigenvalue weighted by atomic mass is 32.2. The molecular weight excluding hydrogens is 398 g/mol. The van der Waals surface area contributed by atoms with Crippen LogP contribution in [0.4, 0.5) is 11.4 Å². The smallest absolute Gasteiger partial charge is 0.277 e. The molecule has 0 fully saturated rings. The van der Waals surface area contributed by atoms with Gasteiger partial charge in [0.1, 0.15) is 5.75 Å². The summed E-state index contributed by atoms with van der Waals surface area (Å²) >= 11 is 1.20. The molecule has 4 aromatic rings. The molecule has 0 unspecified atom stereocenters. The Hall–Kier alpha value is -3.58. The summed E-state index contributed by atoms with van der Waals surface area (Å²) in [6, 6.07) is 26.5. The summed E-state index contributed by atoms with van der Waals surface area (Å²) in [6.07, 6.45) is 0. The molecule has 150 valence electrons. The molecule has 6 nitrogen and oxygen atoms in total. The SMILES string of the molecule is COc1ccccc1-c1nnc(SCC(=O)N(c2ccccc2)c2ccccc2)o1. The molecule has 0 atom stereocenters. The van der Waals surface area contributed by atoms with E-state index < -0.39 is 0 Å². The lowest BCUT2D eigenvalue weighted by Gasteiger charge is -2.22. The van der Waals surface area contributed by atoms with E-state index in [1.807, 2.05) is 84.9 Å². The third kappa shape index (κ3) is 4.36. The van der Waals surface area contributed by atoms with E-state index in [4.69, 9.17) is 9.15 Å². The molecule has 0 bridgehead atoms. The fraction of sp³-hybridized carbons (Fsp3) is 0.0870. The summed E-state index contributed by atoms with van der Waals surface area (Å²) in [5, 5.41) is 8.48. The zero-order chi connectivity index (χ0) is 20.8. The second kappa shape index (κ2) is 9.28. The summed E-state index contributed by atoms with van der Waals surface area (Å²) in [5.74, 6) is 1.06. The van der Waals surface area contributed by atoms with Crippen molar-refractivity contribution in [1.82, 2.24) is 10.2 Å². The van der Waals surface area contributed by atoms with Crippen LogP contribution in [0.25, 0.3) is 11.5 Å². The zero-order valence-corrected chi connectivity index (χ0v) is 17.1. The van der Waals surface area contributed by atoms with Crippen molar-refractivity contribution in [2.75, 3.05) is 17.8 Å². The molecule has 0 aliphatic rings. The minimum Gasteiger partial charge on any atom is -0.496 e. The quantitative estimate of drug-likeness (QED) is 0.385. The Labute approximate surface area is 178 Å². The first-order chi connectivity index (χ1) is 14.8. The van der Waals surface area contributed by atoms with E-state index >= 15 is 0 Å². The van der Waals surface area contributed by atoms with Gasteiger partial charge in [-0.2, -0.15) is 0 Å². The highest BCUT2D eigenvalue weighted by Crippen LogP contribution is 2.31. The Morgan fingerprint density at radius 3 is 2.13 bits per heavy atom. The van der Waals surface area contributed by atoms with Gasteiger partial charge < -0.3 is 9.15 Å². The Kier molecular flexibility index (Phi) is 6.10. The van der Waals surface area contributed by atoms with Gasteiger partial charge in [0, 0.05) is 11.4 Å². The summed E-state index contributed by atoms with van der Waals surface area (Å²) < 4.78 is 11.1. The lowest BCUT2D eigenvalue weighted by Crippen LogP contribution is -2.27. The number of amides is 1. The van der Waals surface area contributed by atoms with Gasteiger partial charge in [0.2, 0.25) is 5.91 Å². The monoisotopic (exact) mass is 417 g/mol. The topological polar surface area (TPSA) is 68.5 Å². The number of anilines is 2.